The quantitative estimate of drug-likeness (QED) is 0.796. The van der Waals surface area contributed by atoms with Crippen molar-refractivity contribution in [2.45, 2.75) is 13.0 Å². The zero-order valence-corrected chi connectivity index (χ0v) is 14.7. The zero-order chi connectivity index (χ0) is 17.8. The molecule has 0 aromatic heterocycles. The third-order valence-electron chi connectivity index (χ3n) is 4.79. The lowest BCUT2D eigenvalue weighted by molar-refractivity contribution is -0.128. The average Bonchev–Trinajstić information content (AvgIpc) is 2.63. The Morgan fingerprint density at radius 1 is 1.08 bits per heavy atom. The molecule has 1 saturated heterocycles. The molecule has 1 unspecified atom stereocenters. The van der Waals surface area contributed by atoms with Crippen molar-refractivity contribution in [2.24, 2.45) is 0 Å². The second-order valence-electron chi connectivity index (χ2n) is 6.50. The van der Waals surface area contributed by atoms with Gasteiger partial charge in [0, 0.05) is 31.3 Å². The Hall–Kier alpha value is -2.46. The van der Waals surface area contributed by atoms with Crippen molar-refractivity contribution < 1.29 is 9.18 Å². The van der Waals surface area contributed by atoms with Crippen molar-refractivity contribution in [1.29, 1.82) is 0 Å². The molecule has 0 spiro atoms. The SMILES string of the molecule is C/C(=C\C(=O)N1CCN(C)C(c2ccccc2F)C1)c1ccccc1. The smallest absolute Gasteiger partial charge is 0.246 e. The lowest BCUT2D eigenvalue weighted by Gasteiger charge is -2.39. The Morgan fingerprint density at radius 3 is 2.48 bits per heavy atom. The number of benzene rings is 2. The van der Waals surface area contributed by atoms with Gasteiger partial charge < -0.3 is 4.90 Å². The molecular formula is C21H23FN2O. The monoisotopic (exact) mass is 338 g/mol. The van der Waals surface area contributed by atoms with Gasteiger partial charge in [-0.25, -0.2) is 4.39 Å². The van der Waals surface area contributed by atoms with Gasteiger partial charge in [-0.3, -0.25) is 9.69 Å². The van der Waals surface area contributed by atoms with Crippen molar-refractivity contribution in [1.82, 2.24) is 9.80 Å². The Morgan fingerprint density at radius 2 is 1.76 bits per heavy atom. The lowest BCUT2D eigenvalue weighted by Crippen LogP contribution is -2.48. The van der Waals surface area contributed by atoms with Gasteiger partial charge in [-0.05, 0) is 31.2 Å². The van der Waals surface area contributed by atoms with Crippen LogP contribution in [0.5, 0.6) is 0 Å². The molecule has 3 nitrogen and oxygen atoms in total. The molecule has 0 bridgehead atoms. The maximum Gasteiger partial charge on any atom is 0.246 e. The standard InChI is InChI=1S/C21H23FN2O/c1-16(17-8-4-3-5-9-17)14-21(25)24-13-12-23(2)20(15-24)18-10-6-7-11-19(18)22/h3-11,14,20H,12-13,15H2,1-2H3/b16-14+. The van der Waals surface area contributed by atoms with Crippen molar-refractivity contribution in [3.8, 4) is 0 Å². The van der Waals surface area contributed by atoms with E-state index in [1.54, 1.807) is 18.2 Å². The van der Waals surface area contributed by atoms with Gasteiger partial charge in [-0.2, -0.15) is 0 Å². The highest BCUT2D eigenvalue weighted by Gasteiger charge is 2.29. The van der Waals surface area contributed by atoms with Crippen LogP contribution in [0.4, 0.5) is 4.39 Å². The highest BCUT2D eigenvalue weighted by Crippen LogP contribution is 2.26. The van der Waals surface area contributed by atoms with Gasteiger partial charge >= 0.3 is 0 Å². The van der Waals surface area contributed by atoms with Gasteiger partial charge in [0.15, 0.2) is 0 Å². The Labute approximate surface area is 148 Å². The molecule has 1 fully saturated rings. The van der Waals surface area contributed by atoms with Crippen molar-refractivity contribution in [3.63, 3.8) is 0 Å². The fourth-order valence-corrected chi connectivity index (χ4v) is 3.22. The molecule has 4 heteroatoms. The maximum atomic E-state index is 14.2. The highest BCUT2D eigenvalue weighted by molar-refractivity contribution is 5.95. The topological polar surface area (TPSA) is 23.6 Å². The average molecular weight is 338 g/mol. The fourth-order valence-electron chi connectivity index (χ4n) is 3.22. The van der Waals surface area contributed by atoms with E-state index in [0.29, 0.717) is 18.7 Å². The van der Waals surface area contributed by atoms with Gasteiger partial charge in [-0.1, -0.05) is 48.5 Å². The Balaban J connectivity index is 1.77. The van der Waals surface area contributed by atoms with Crippen LogP contribution in [0.3, 0.4) is 0 Å². The molecule has 2 aromatic rings. The third-order valence-corrected chi connectivity index (χ3v) is 4.79. The molecule has 2 aromatic carbocycles. The summed E-state index contributed by atoms with van der Waals surface area (Å²) in [5.74, 6) is -0.236. The summed E-state index contributed by atoms with van der Waals surface area (Å²) >= 11 is 0. The summed E-state index contributed by atoms with van der Waals surface area (Å²) < 4.78 is 14.2. The Kier molecular flexibility index (Phi) is 5.29. The van der Waals surface area contributed by atoms with E-state index in [0.717, 1.165) is 17.7 Å². The first kappa shape index (κ1) is 17.4. The molecule has 1 aliphatic rings. The molecule has 25 heavy (non-hydrogen) atoms. The summed E-state index contributed by atoms with van der Waals surface area (Å²) in [6, 6.07) is 16.5. The largest absolute Gasteiger partial charge is 0.336 e. The molecule has 130 valence electrons. The number of halogens is 1. The number of carbonyl (C=O) groups is 1. The summed E-state index contributed by atoms with van der Waals surface area (Å²) in [4.78, 5) is 16.6. The number of rotatable bonds is 3. The molecule has 1 amide bonds. The minimum absolute atomic E-state index is 0.0178. The van der Waals surface area contributed by atoms with Crippen LogP contribution >= 0.6 is 0 Å². The van der Waals surface area contributed by atoms with Crippen LogP contribution in [0, 0.1) is 5.82 Å². The van der Waals surface area contributed by atoms with Gasteiger partial charge in [0.25, 0.3) is 0 Å². The number of amides is 1. The lowest BCUT2D eigenvalue weighted by atomic mass is 10.0. The van der Waals surface area contributed by atoms with E-state index in [1.807, 2.05) is 55.3 Å². The van der Waals surface area contributed by atoms with E-state index in [1.165, 1.54) is 6.07 Å². The second-order valence-corrected chi connectivity index (χ2v) is 6.50. The number of hydrogen-bond acceptors (Lipinski definition) is 2. The molecule has 1 atom stereocenters. The van der Waals surface area contributed by atoms with Crippen molar-refractivity contribution in [2.75, 3.05) is 26.7 Å². The number of piperazine rings is 1. The second kappa shape index (κ2) is 7.62. The van der Waals surface area contributed by atoms with Crippen LogP contribution in [0.2, 0.25) is 0 Å². The molecular weight excluding hydrogens is 315 g/mol. The summed E-state index contributed by atoms with van der Waals surface area (Å²) in [5, 5.41) is 0. The van der Waals surface area contributed by atoms with E-state index in [9.17, 15) is 9.18 Å². The summed E-state index contributed by atoms with van der Waals surface area (Å²) in [6.07, 6.45) is 1.68. The molecule has 0 aliphatic carbocycles. The van der Waals surface area contributed by atoms with E-state index in [2.05, 4.69) is 4.90 Å². The van der Waals surface area contributed by atoms with Crippen LogP contribution in [0.25, 0.3) is 5.57 Å². The number of hydrogen-bond donors (Lipinski definition) is 0. The van der Waals surface area contributed by atoms with Crippen LogP contribution in [-0.4, -0.2) is 42.4 Å². The molecule has 0 saturated carbocycles. The maximum absolute atomic E-state index is 14.2. The van der Waals surface area contributed by atoms with Crippen LogP contribution in [0.1, 0.15) is 24.1 Å². The first-order chi connectivity index (χ1) is 12.1. The van der Waals surface area contributed by atoms with Crippen LogP contribution in [0.15, 0.2) is 60.7 Å². The van der Waals surface area contributed by atoms with Crippen molar-refractivity contribution >= 4 is 11.5 Å². The summed E-state index contributed by atoms with van der Waals surface area (Å²) in [5.41, 5.74) is 2.62. The van der Waals surface area contributed by atoms with Gasteiger partial charge in [0.05, 0.1) is 6.04 Å². The van der Waals surface area contributed by atoms with Crippen LogP contribution in [-0.2, 0) is 4.79 Å². The number of nitrogens with zero attached hydrogens (tertiary/aromatic N) is 2. The number of likely N-dealkylation sites (N-methyl/N-ethyl adjacent to an activating group) is 1. The van der Waals surface area contributed by atoms with E-state index in [4.69, 9.17) is 0 Å². The zero-order valence-electron chi connectivity index (χ0n) is 14.7. The summed E-state index contributed by atoms with van der Waals surface area (Å²) in [7, 11) is 1.98. The highest BCUT2D eigenvalue weighted by atomic mass is 19.1. The normalized spacial score (nSPS) is 19.1. The van der Waals surface area contributed by atoms with E-state index in [-0.39, 0.29) is 17.8 Å². The predicted molar refractivity (Wildman–Crippen MR) is 98.4 cm³/mol. The molecule has 0 radical (unpaired) electrons. The number of allylic oxidation sites excluding steroid dienone is 1. The first-order valence-corrected chi connectivity index (χ1v) is 8.53. The van der Waals surface area contributed by atoms with Gasteiger partial charge in [0.1, 0.15) is 5.82 Å². The molecule has 3 rings (SSSR count). The fraction of sp³-hybridized carbons (Fsp3) is 0.286. The minimum atomic E-state index is -0.218. The third kappa shape index (κ3) is 3.97. The first-order valence-electron chi connectivity index (χ1n) is 8.53. The van der Waals surface area contributed by atoms with Crippen LogP contribution < -0.4 is 0 Å². The summed E-state index contributed by atoms with van der Waals surface area (Å²) in [6.45, 7) is 3.81. The van der Waals surface area contributed by atoms with Gasteiger partial charge in [0.2, 0.25) is 5.91 Å². The van der Waals surface area contributed by atoms with E-state index < -0.39 is 0 Å². The predicted octanol–water partition coefficient (Wildman–Crippen LogP) is 3.74. The van der Waals surface area contributed by atoms with Crippen molar-refractivity contribution in [3.05, 3.63) is 77.6 Å². The Bertz CT molecular complexity index is 772. The number of carbonyl (C=O) groups excluding carboxylic acids is 1. The minimum Gasteiger partial charge on any atom is -0.336 e. The van der Waals surface area contributed by atoms with E-state index >= 15 is 0 Å². The molecule has 1 heterocycles. The molecule has 0 N–H and O–H groups in total. The molecule has 1 aliphatic heterocycles. The van der Waals surface area contributed by atoms with Gasteiger partial charge in [-0.15, -0.1) is 0 Å².